The van der Waals surface area contributed by atoms with Gasteiger partial charge in [0.15, 0.2) is 0 Å². The third-order valence-corrected chi connectivity index (χ3v) is 10.6. The summed E-state index contributed by atoms with van der Waals surface area (Å²) >= 11 is 0. The van der Waals surface area contributed by atoms with Gasteiger partial charge in [0.05, 0.1) is 16.7 Å². The second kappa shape index (κ2) is 11.1. The van der Waals surface area contributed by atoms with Crippen molar-refractivity contribution < 1.29 is 0 Å². The zero-order chi connectivity index (χ0) is 33.3. The monoisotopic (exact) mass is 638 g/mol. The predicted octanol–water partition coefficient (Wildman–Crippen LogP) is 13.4. The third kappa shape index (κ3) is 4.15. The van der Waals surface area contributed by atoms with E-state index in [-0.39, 0.29) is 0 Å². The van der Waals surface area contributed by atoms with E-state index in [1.807, 2.05) is 0 Å². The molecule has 50 heavy (non-hydrogen) atoms. The maximum absolute atomic E-state index is 2.49. The molecule has 0 aliphatic heterocycles. The summed E-state index contributed by atoms with van der Waals surface area (Å²) in [5.41, 5.74) is 12.1. The Hall–Kier alpha value is -6.38. The predicted molar refractivity (Wildman–Crippen MR) is 214 cm³/mol. The number of fused-ring (bicyclic) bond motifs is 4. The minimum atomic E-state index is 1.17. The van der Waals surface area contributed by atoms with Gasteiger partial charge in [0.1, 0.15) is 0 Å². The standard InChI is InChI=1S/C48H34N2/c1-31-15-9-12-22-42(31)50(43-23-13-10-16-32(43)2)45-30-40(33-17-5-3-6-18-33)37-27-28-39-46-34(25-26-38(45)47(37)46)29-41-36-21-11-14-24-44(36)49(48(39)41)35-19-7-4-8-20-35/h3-30H,1-2H3. The normalized spacial score (nSPS) is 11.8. The smallest absolute Gasteiger partial charge is 0.0620 e. The fraction of sp³-hybridized carbons (Fsp3) is 0.0417. The lowest BCUT2D eigenvalue weighted by atomic mass is 9.87. The fourth-order valence-electron chi connectivity index (χ4n) is 8.31. The Morgan fingerprint density at radius 3 is 1.74 bits per heavy atom. The van der Waals surface area contributed by atoms with E-state index in [0.717, 1.165) is 0 Å². The van der Waals surface area contributed by atoms with Gasteiger partial charge in [0, 0.05) is 44.0 Å². The quantitative estimate of drug-likeness (QED) is 0.170. The van der Waals surface area contributed by atoms with Crippen LogP contribution in [0.15, 0.2) is 170 Å². The fourth-order valence-corrected chi connectivity index (χ4v) is 8.31. The molecule has 1 aromatic heterocycles. The van der Waals surface area contributed by atoms with Crippen LogP contribution in [0.25, 0.3) is 70.9 Å². The van der Waals surface area contributed by atoms with E-state index in [1.165, 1.54) is 99.1 Å². The summed E-state index contributed by atoms with van der Waals surface area (Å²) in [6, 6.07) is 62.3. The highest BCUT2D eigenvalue weighted by molar-refractivity contribution is 6.34. The Balaban J connectivity index is 1.41. The largest absolute Gasteiger partial charge is 0.309 e. The minimum absolute atomic E-state index is 1.17. The molecule has 10 rings (SSSR count). The second-order valence-corrected chi connectivity index (χ2v) is 13.4. The molecule has 0 N–H and O–H groups in total. The molecular weight excluding hydrogens is 605 g/mol. The van der Waals surface area contributed by atoms with Crippen molar-refractivity contribution in [3.63, 3.8) is 0 Å². The molecule has 0 aliphatic carbocycles. The van der Waals surface area contributed by atoms with Gasteiger partial charge in [-0.15, -0.1) is 0 Å². The van der Waals surface area contributed by atoms with Gasteiger partial charge < -0.3 is 9.47 Å². The van der Waals surface area contributed by atoms with Gasteiger partial charge in [-0.2, -0.15) is 0 Å². The molecule has 0 saturated carbocycles. The van der Waals surface area contributed by atoms with E-state index in [1.54, 1.807) is 0 Å². The lowest BCUT2D eigenvalue weighted by Crippen LogP contribution is -2.13. The molecule has 0 amide bonds. The molecule has 0 unspecified atom stereocenters. The number of aryl methyl sites for hydroxylation is 2. The van der Waals surface area contributed by atoms with E-state index in [4.69, 9.17) is 0 Å². The summed E-state index contributed by atoms with van der Waals surface area (Å²) in [5.74, 6) is 0. The SMILES string of the molecule is Cc1ccccc1N(c1ccccc1C)c1cc(-c2ccccc2)c2ccc3c4c(ccc1c24)cc1c2ccccc2n(-c2ccccc2)c13. The van der Waals surface area contributed by atoms with Gasteiger partial charge in [-0.05, 0) is 94.7 Å². The van der Waals surface area contributed by atoms with E-state index < -0.39 is 0 Å². The highest BCUT2D eigenvalue weighted by Gasteiger charge is 2.25. The first-order valence-corrected chi connectivity index (χ1v) is 17.4. The number of anilines is 3. The zero-order valence-electron chi connectivity index (χ0n) is 28.1. The van der Waals surface area contributed by atoms with Crippen LogP contribution in [0.3, 0.4) is 0 Å². The average Bonchev–Trinajstić information content (AvgIpc) is 3.50. The van der Waals surface area contributed by atoms with Crippen molar-refractivity contribution in [2.75, 3.05) is 4.90 Å². The van der Waals surface area contributed by atoms with E-state index >= 15 is 0 Å². The first-order valence-electron chi connectivity index (χ1n) is 17.4. The van der Waals surface area contributed by atoms with Crippen LogP contribution in [-0.4, -0.2) is 4.57 Å². The topological polar surface area (TPSA) is 8.17 Å². The highest BCUT2D eigenvalue weighted by Crippen LogP contribution is 2.50. The van der Waals surface area contributed by atoms with Crippen molar-refractivity contribution in [1.29, 1.82) is 0 Å². The summed E-state index contributed by atoms with van der Waals surface area (Å²) < 4.78 is 2.46. The summed E-state index contributed by atoms with van der Waals surface area (Å²) in [7, 11) is 0. The number of rotatable bonds is 5. The molecule has 9 aromatic carbocycles. The van der Waals surface area contributed by atoms with Crippen molar-refractivity contribution in [2.45, 2.75) is 13.8 Å². The van der Waals surface area contributed by atoms with Crippen LogP contribution < -0.4 is 4.90 Å². The van der Waals surface area contributed by atoms with Crippen LogP contribution in [-0.2, 0) is 0 Å². The number of hydrogen-bond donors (Lipinski definition) is 0. The van der Waals surface area contributed by atoms with E-state index in [2.05, 4.69) is 193 Å². The molecular formula is C48H34N2. The molecule has 10 aromatic rings. The van der Waals surface area contributed by atoms with Crippen LogP contribution >= 0.6 is 0 Å². The van der Waals surface area contributed by atoms with Gasteiger partial charge in [0.2, 0.25) is 0 Å². The van der Waals surface area contributed by atoms with E-state index in [0.29, 0.717) is 0 Å². The van der Waals surface area contributed by atoms with Crippen molar-refractivity contribution in [3.05, 3.63) is 181 Å². The summed E-state index contributed by atoms with van der Waals surface area (Å²) in [4.78, 5) is 2.49. The Morgan fingerprint density at radius 1 is 0.420 bits per heavy atom. The Bertz CT molecular complexity index is 2840. The first kappa shape index (κ1) is 28.6. The molecule has 0 radical (unpaired) electrons. The molecule has 0 aliphatic rings. The van der Waals surface area contributed by atoms with Crippen molar-refractivity contribution in [3.8, 4) is 16.8 Å². The van der Waals surface area contributed by atoms with Crippen LogP contribution in [0.4, 0.5) is 17.1 Å². The number of aromatic nitrogens is 1. The Labute approximate surface area is 291 Å². The zero-order valence-corrected chi connectivity index (χ0v) is 28.1. The van der Waals surface area contributed by atoms with Crippen molar-refractivity contribution in [1.82, 2.24) is 4.57 Å². The average molecular weight is 639 g/mol. The van der Waals surface area contributed by atoms with Gasteiger partial charge in [-0.25, -0.2) is 0 Å². The number of benzene rings is 9. The maximum atomic E-state index is 2.49. The molecule has 0 saturated heterocycles. The van der Waals surface area contributed by atoms with Gasteiger partial charge in [0.25, 0.3) is 0 Å². The number of hydrogen-bond acceptors (Lipinski definition) is 1. The first-order chi connectivity index (χ1) is 24.7. The Morgan fingerprint density at radius 2 is 1.02 bits per heavy atom. The molecule has 1 heterocycles. The minimum Gasteiger partial charge on any atom is -0.309 e. The van der Waals surface area contributed by atoms with E-state index in [9.17, 15) is 0 Å². The Kier molecular flexibility index (Phi) is 6.34. The molecule has 2 nitrogen and oxygen atoms in total. The molecule has 0 bridgehead atoms. The lowest BCUT2D eigenvalue weighted by Gasteiger charge is -2.31. The molecule has 0 atom stereocenters. The summed E-state index contributed by atoms with van der Waals surface area (Å²) in [6.45, 7) is 4.43. The van der Waals surface area contributed by atoms with Gasteiger partial charge in [-0.1, -0.05) is 127 Å². The molecule has 0 spiro atoms. The number of para-hydroxylation sites is 4. The second-order valence-electron chi connectivity index (χ2n) is 13.4. The van der Waals surface area contributed by atoms with Gasteiger partial charge >= 0.3 is 0 Å². The molecule has 236 valence electrons. The summed E-state index contributed by atoms with van der Waals surface area (Å²) in [5, 5.41) is 10.2. The highest BCUT2D eigenvalue weighted by atomic mass is 15.1. The van der Waals surface area contributed by atoms with Crippen LogP contribution in [0.5, 0.6) is 0 Å². The van der Waals surface area contributed by atoms with Crippen LogP contribution in [0.2, 0.25) is 0 Å². The number of nitrogens with zero attached hydrogens (tertiary/aromatic N) is 2. The maximum Gasteiger partial charge on any atom is 0.0620 e. The van der Waals surface area contributed by atoms with Gasteiger partial charge in [-0.3, -0.25) is 0 Å². The van der Waals surface area contributed by atoms with Crippen LogP contribution in [0, 0.1) is 13.8 Å². The lowest BCUT2D eigenvalue weighted by molar-refractivity contribution is 1.19. The molecule has 0 fully saturated rings. The molecule has 2 heteroatoms. The van der Waals surface area contributed by atoms with Crippen molar-refractivity contribution >= 4 is 71.2 Å². The summed E-state index contributed by atoms with van der Waals surface area (Å²) in [6.07, 6.45) is 0. The third-order valence-electron chi connectivity index (χ3n) is 10.6. The van der Waals surface area contributed by atoms with Crippen molar-refractivity contribution in [2.24, 2.45) is 0 Å². The van der Waals surface area contributed by atoms with Crippen LogP contribution in [0.1, 0.15) is 11.1 Å².